The lowest BCUT2D eigenvalue weighted by Gasteiger charge is -2.14. The predicted octanol–water partition coefficient (Wildman–Crippen LogP) is 4.74. The summed E-state index contributed by atoms with van der Waals surface area (Å²) in [5.74, 6) is 0.151. The summed E-state index contributed by atoms with van der Waals surface area (Å²) < 4.78 is 0. The Morgan fingerprint density at radius 1 is 1.08 bits per heavy atom. The lowest BCUT2D eigenvalue weighted by atomic mass is 9.98. The molecule has 3 rings (SSSR count). The fourth-order valence-electron chi connectivity index (χ4n) is 2.87. The third-order valence-electron chi connectivity index (χ3n) is 4.28. The molecule has 0 saturated heterocycles. The number of halogens is 1. The van der Waals surface area contributed by atoms with Crippen molar-refractivity contribution in [1.82, 2.24) is 15.0 Å². The van der Waals surface area contributed by atoms with Crippen molar-refractivity contribution in [3.8, 4) is 0 Å². The van der Waals surface area contributed by atoms with Crippen LogP contribution < -0.4 is 0 Å². The first-order valence-electron chi connectivity index (χ1n) is 8.41. The highest BCUT2D eigenvalue weighted by Gasteiger charge is 2.15. The Hall–Kier alpha value is -2.72. The molecule has 0 amide bonds. The van der Waals surface area contributed by atoms with E-state index in [0.717, 1.165) is 40.4 Å². The number of nitrogens with zero attached hydrogens (tertiary/aromatic N) is 3. The summed E-state index contributed by atoms with van der Waals surface area (Å²) in [6.07, 6.45) is 5.77. The molecule has 0 aliphatic carbocycles. The van der Waals surface area contributed by atoms with Crippen LogP contribution in [0.2, 0.25) is 5.02 Å². The lowest BCUT2D eigenvalue weighted by molar-refractivity contribution is 0.505. The highest BCUT2D eigenvalue weighted by Crippen LogP contribution is 2.23. The molecular formula is C21H20ClN3O. The van der Waals surface area contributed by atoms with Crippen LogP contribution in [-0.2, 0) is 19.3 Å². The van der Waals surface area contributed by atoms with Gasteiger partial charge >= 0.3 is 0 Å². The van der Waals surface area contributed by atoms with Gasteiger partial charge in [0.2, 0.25) is 0 Å². The fraction of sp³-hybridized carbons (Fsp3) is 0.190. The third kappa shape index (κ3) is 4.27. The van der Waals surface area contributed by atoms with Gasteiger partial charge in [0, 0.05) is 35.2 Å². The zero-order chi connectivity index (χ0) is 18.5. The average Bonchev–Trinajstić information content (AvgIpc) is 2.64. The molecule has 0 aliphatic rings. The summed E-state index contributed by atoms with van der Waals surface area (Å²) in [5.41, 5.74) is 4.98. The maximum absolute atomic E-state index is 9.73. The summed E-state index contributed by atoms with van der Waals surface area (Å²) >= 11 is 6.33. The van der Waals surface area contributed by atoms with Gasteiger partial charge in [-0.2, -0.15) is 0 Å². The van der Waals surface area contributed by atoms with Crippen LogP contribution in [0.1, 0.15) is 33.9 Å². The number of aryl methyl sites for hydroxylation is 3. The number of pyridine rings is 1. The summed E-state index contributed by atoms with van der Waals surface area (Å²) in [4.78, 5) is 13.0. The first-order chi connectivity index (χ1) is 12.5. The summed E-state index contributed by atoms with van der Waals surface area (Å²) in [5, 5.41) is 10.5. The molecule has 26 heavy (non-hydrogen) atoms. The quantitative estimate of drug-likeness (QED) is 0.641. The maximum atomic E-state index is 9.73. The van der Waals surface area contributed by atoms with Gasteiger partial charge < -0.3 is 5.11 Å². The molecule has 0 bridgehead atoms. The van der Waals surface area contributed by atoms with E-state index in [4.69, 9.17) is 11.6 Å². The van der Waals surface area contributed by atoms with E-state index < -0.39 is 0 Å². The van der Waals surface area contributed by atoms with Crippen molar-refractivity contribution in [2.75, 3.05) is 0 Å². The molecule has 4 nitrogen and oxygen atoms in total. The average molecular weight is 366 g/mol. The van der Waals surface area contributed by atoms with E-state index in [1.807, 2.05) is 43.3 Å². The van der Waals surface area contributed by atoms with Crippen LogP contribution in [0.5, 0.6) is 0 Å². The molecule has 1 aromatic carbocycles. The summed E-state index contributed by atoms with van der Waals surface area (Å²) in [7, 11) is 0. The minimum Gasteiger partial charge on any atom is -0.505 e. The van der Waals surface area contributed by atoms with Crippen molar-refractivity contribution in [2.45, 2.75) is 26.2 Å². The van der Waals surface area contributed by atoms with E-state index in [1.165, 1.54) is 5.56 Å². The zero-order valence-electron chi connectivity index (χ0n) is 14.6. The summed E-state index contributed by atoms with van der Waals surface area (Å²) in [6, 6.07) is 11.8. The minimum absolute atomic E-state index is 0.123. The van der Waals surface area contributed by atoms with Gasteiger partial charge in [-0.25, -0.2) is 9.97 Å². The van der Waals surface area contributed by atoms with Crippen LogP contribution in [0.4, 0.5) is 0 Å². The fourth-order valence-corrected chi connectivity index (χ4v) is 3.07. The molecule has 3 aromatic rings. The standard InChI is InChI=1S/C21H20ClN3O/c1-14-18(13-17-5-3-4-6-19(17)22)20(25-21(24-14)15(2)26)8-7-16-9-11-23-12-10-16/h3-6,9-12,26H,2,7-8,13H2,1H3. The van der Waals surface area contributed by atoms with E-state index in [-0.39, 0.29) is 11.6 Å². The van der Waals surface area contributed by atoms with Gasteiger partial charge in [0.25, 0.3) is 0 Å². The Kier molecular flexibility index (Phi) is 5.64. The molecule has 0 saturated carbocycles. The van der Waals surface area contributed by atoms with Crippen LogP contribution in [0.3, 0.4) is 0 Å². The number of hydrogen-bond acceptors (Lipinski definition) is 4. The Labute approximate surface area is 158 Å². The Bertz CT molecular complexity index is 926. The molecule has 2 aromatic heterocycles. The first-order valence-corrected chi connectivity index (χ1v) is 8.79. The SMILES string of the molecule is C=C(O)c1nc(C)c(Cc2ccccc2Cl)c(CCc2ccncc2)n1. The van der Waals surface area contributed by atoms with Gasteiger partial charge in [-0.05, 0) is 54.7 Å². The van der Waals surface area contributed by atoms with Crippen molar-refractivity contribution in [2.24, 2.45) is 0 Å². The van der Waals surface area contributed by atoms with E-state index in [1.54, 1.807) is 12.4 Å². The molecule has 132 valence electrons. The van der Waals surface area contributed by atoms with E-state index in [0.29, 0.717) is 6.42 Å². The smallest absolute Gasteiger partial charge is 0.194 e. The molecule has 0 spiro atoms. The Balaban J connectivity index is 1.96. The zero-order valence-corrected chi connectivity index (χ0v) is 15.4. The van der Waals surface area contributed by atoms with Crippen molar-refractivity contribution >= 4 is 17.4 Å². The van der Waals surface area contributed by atoms with Crippen molar-refractivity contribution in [1.29, 1.82) is 0 Å². The third-order valence-corrected chi connectivity index (χ3v) is 4.65. The van der Waals surface area contributed by atoms with Crippen LogP contribution in [0.15, 0.2) is 55.4 Å². The van der Waals surface area contributed by atoms with Gasteiger partial charge in [0.05, 0.1) is 0 Å². The molecule has 0 atom stereocenters. The van der Waals surface area contributed by atoms with Crippen LogP contribution >= 0.6 is 11.6 Å². The van der Waals surface area contributed by atoms with Crippen molar-refractivity contribution in [3.63, 3.8) is 0 Å². The number of aliphatic hydroxyl groups is 1. The molecule has 0 fully saturated rings. The van der Waals surface area contributed by atoms with E-state index in [2.05, 4.69) is 21.5 Å². The normalized spacial score (nSPS) is 10.7. The van der Waals surface area contributed by atoms with Crippen molar-refractivity contribution in [3.05, 3.63) is 94.3 Å². The second-order valence-electron chi connectivity index (χ2n) is 6.13. The monoisotopic (exact) mass is 365 g/mol. The molecular weight excluding hydrogens is 346 g/mol. The highest BCUT2D eigenvalue weighted by molar-refractivity contribution is 6.31. The number of aliphatic hydroxyl groups excluding tert-OH is 1. The molecule has 1 N–H and O–H groups in total. The van der Waals surface area contributed by atoms with Gasteiger partial charge in [0.1, 0.15) is 0 Å². The Morgan fingerprint density at radius 3 is 2.50 bits per heavy atom. The van der Waals surface area contributed by atoms with Crippen LogP contribution in [0.25, 0.3) is 5.76 Å². The highest BCUT2D eigenvalue weighted by atomic mass is 35.5. The predicted molar refractivity (Wildman–Crippen MR) is 104 cm³/mol. The van der Waals surface area contributed by atoms with Gasteiger partial charge in [-0.15, -0.1) is 0 Å². The second-order valence-corrected chi connectivity index (χ2v) is 6.54. The van der Waals surface area contributed by atoms with E-state index in [9.17, 15) is 5.11 Å². The number of hydrogen-bond donors (Lipinski definition) is 1. The van der Waals surface area contributed by atoms with Crippen molar-refractivity contribution < 1.29 is 5.11 Å². The topological polar surface area (TPSA) is 58.9 Å². The summed E-state index contributed by atoms with van der Waals surface area (Å²) in [6.45, 7) is 5.48. The minimum atomic E-state index is -0.123. The number of rotatable bonds is 6. The molecule has 0 aliphatic heterocycles. The molecule has 0 unspecified atom stereocenters. The second kappa shape index (κ2) is 8.11. The largest absolute Gasteiger partial charge is 0.505 e. The Morgan fingerprint density at radius 2 is 1.81 bits per heavy atom. The van der Waals surface area contributed by atoms with Gasteiger partial charge in [0.15, 0.2) is 11.6 Å². The lowest BCUT2D eigenvalue weighted by Crippen LogP contribution is -2.09. The maximum Gasteiger partial charge on any atom is 0.194 e. The van der Waals surface area contributed by atoms with Gasteiger partial charge in [-0.1, -0.05) is 36.4 Å². The molecule has 2 heterocycles. The number of aromatic nitrogens is 3. The molecule has 0 radical (unpaired) electrons. The van der Waals surface area contributed by atoms with Crippen LogP contribution in [-0.4, -0.2) is 20.1 Å². The van der Waals surface area contributed by atoms with Crippen LogP contribution in [0, 0.1) is 6.92 Å². The number of benzene rings is 1. The van der Waals surface area contributed by atoms with Gasteiger partial charge in [-0.3, -0.25) is 4.98 Å². The molecule has 5 heteroatoms. The first kappa shape index (κ1) is 18.1. The van der Waals surface area contributed by atoms with E-state index >= 15 is 0 Å².